The zero-order chi connectivity index (χ0) is 16.2. The van der Waals surface area contributed by atoms with Gasteiger partial charge in [-0.05, 0) is 43.5 Å². The van der Waals surface area contributed by atoms with E-state index in [9.17, 15) is 13.2 Å². The maximum Gasteiger partial charge on any atom is 0.240 e. The fourth-order valence-corrected chi connectivity index (χ4v) is 3.57. The molecule has 22 heavy (non-hydrogen) atoms. The first-order chi connectivity index (χ1) is 10.4. The summed E-state index contributed by atoms with van der Waals surface area (Å²) in [5, 5.41) is 2.83. The third kappa shape index (κ3) is 4.28. The number of amides is 1. The molecular weight excluding hydrogens is 302 g/mol. The number of hydrogen-bond acceptors (Lipinski definition) is 4. The molecule has 0 radical (unpaired) electrons. The average Bonchev–Trinajstić information content (AvgIpc) is 2.90. The highest BCUT2D eigenvalue weighted by Crippen LogP contribution is 2.26. The van der Waals surface area contributed by atoms with Crippen LogP contribution in [-0.4, -0.2) is 27.4 Å². The van der Waals surface area contributed by atoms with E-state index >= 15 is 0 Å². The van der Waals surface area contributed by atoms with E-state index in [1.165, 1.54) is 13.1 Å². The van der Waals surface area contributed by atoms with Crippen LogP contribution in [0.1, 0.15) is 31.2 Å². The molecule has 1 aliphatic rings. The Kier molecular flexibility index (Phi) is 5.55. The molecule has 0 unspecified atom stereocenters. The number of sulfonamides is 1. The van der Waals surface area contributed by atoms with E-state index in [4.69, 9.17) is 5.73 Å². The van der Waals surface area contributed by atoms with Crippen molar-refractivity contribution in [2.75, 3.05) is 7.05 Å². The number of carbonyl (C=O) groups is 1. The van der Waals surface area contributed by atoms with Crippen molar-refractivity contribution in [3.8, 4) is 0 Å². The lowest BCUT2D eigenvalue weighted by atomic mass is 10.00. The van der Waals surface area contributed by atoms with Crippen molar-refractivity contribution < 1.29 is 13.2 Å². The number of carbonyl (C=O) groups excluding carboxylic acids is 1. The molecule has 1 fully saturated rings. The fourth-order valence-electron chi connectivity index (χ4n) is 2.77. The van der Waals surface area contributed by atoms with Crippen molar-refractivity contribution in [1.82, 2.24) is 10.0 Å². The number of nitrogens with one attached hydrogen (secondary N) is 2. The maximum atomic E-state index is 12.0. The standard InChI is InChI=1S/C15H23N3O3S/c1-17-22(20,21)13-6-2-4-11(8-13)10-18-15(19)9-12-5-3-7-14(12)16/h2,4,6,8,12,14,17H,3,5,7,9-10,16H2,1H3,(H,18,19)/t12-,14+/m0/s1. The van der Waals surface area contributed by atoms with E-state index < -0.39 is 10.0 Å². The Morgan fingerprint density at radius 3 is 2.77 bits per heavy atom. The van der Waals surface area contributed by atoms with Crippen LogP contribution < -0.4 is 15.8 Å². The van der Waals surface area contributed by atoms with Crippen LogP contribution >= 0.6 is 0 Å². The topological polar surface area (TPSA) is 101 Å². The predicted octanol–water partition coefficient (Wildman–Crippen LogP) is 0.728. The van der Waals surface area contributed by atoms with Crippen LogP contribution in [0.4, 0.5) is 0 Å². The molecule has 1 aromatic rings. The summed E-state index contributed by atoms with van der Waals surface area (Å²) in [4.78, 5) is 12.2. The number of rotatable bonds is 6. The van der Waals surface area contributed by atoms with Crippen molar-refractivity contribution in [3.05, 3.63) is 29.8 Å². The third-order valence-electron chi connectivity index (χ3n) is 4.13. The number of nitrogens with two attached hydrogens (primary N) is 1. The molecule has 1 saturated carbocycles. The lowest BCUT2D eigenvalue weighted by molar-refractivity contribution is -0.122. The molecule has 0 aliphatic heterocycles. The van der Waals surface area contributed by atoms with Gasteiger partial charge in [-0.2, -0.15) is 0 Å². The van der Waals surface area contributed by atoms with Gasteiger partial charge >= 0.3 is 0 Å². The Balaban J connectivity index is 1.91. The average molecular weight is 325 g/mol. The molecule has 2 atom stereocenters. The van der Waals surface area contributed by atoms with E-state index in [0.29, 0.717) is 13.0 Å². The summed E-state index contributed by atoms with van der Waals surface area (Å²) in [6.07, 6.45) is 3.52. The lowest BCUT2D eigenvalue weighted by Crippen LogP contribution is -2.31. The van der Waals surface area contributed by atoms with Crippen LogP contribution in [0.25, 0.3) is 0 Å². The Morgan fingerprint density at radius 1 is 1.36 bits per heavy atom. The number of hydrogen-bond donors (Lipinski definition) is 3. The summed E-state index contributed by atoms with van der Waals surface area (Å²) in [6, 6.07) is 6.66. The van der Waals surface area contributed by atoms with Crippen LogP contribution in [0.15, 0.2) is 29.2 Å². The highest BCUT2D eigenvalue weighted by atomic mass is 32.2. The number of benzene rings is 1. The smallest absolute Gasteiger partial charge is 0.240 e. The minimum Gasteiger partial charge on any atom is -0.352 e. The highest BCUT2D eigenvalue weighted by molar-refractivity contribution is 7.89. The van der Waals surface area contributed by atoms with Crippen LogP contribution in [-0.2, 0) is 21.4 Å². The Hall–Kier alpha value is -1.44. The van der Waals surface area contributed by atoms with Gasteiger partial charge in [-0.1, -0.05) is 18.6 Å². The molecule has 1 amide bonds. The van der Waals surface area contributed by atoms with Crippen LogP contribution in [0.5, 0.6) is 0 Å². The van der Waals surface area contributed by atoms with Crippen molar-refractivity contribution >= 4 is 15.9 Å². The molecule has 0 saturated heterocycles. The summed E-state index contributed by atoms with van der Waals surface area (Å²) in [5.41, 5.74) is 6.71. The monoisotopic (exact) mass is 325 g/mol. The van der Waals surface area contributed by atoms with E-state index in [-0.39, 0.29) is 22.8 Å². The van der Waals surface area contributed by atoms with Crippen LogP contribution in [0.2, 0.25) is 0 Å². The van der Waals surface area contributed by atoms with Gasteiger partial charge in [0.05, 0.1) is 4.90 Å². The molecule has 2 rings (SSSR count). The SMILES string of the molecule is CNS(=O)(=O)c1cccc(CNC(=O)C[C@@H]2CCC[C@H]2N)c1. The summed E-state index contributed by atoms with van der Waals surface area (Å²) in [5.74, 6) is 0.222. The zero-order valence-electron chi connectivity index (χ0n) is 12.7. The lowest BCUT2D eigenvalue weighted by Gasteiger charge is -2.15. The molecule has 1 aromatic carbocycles. The minimum absolute atomic E-state index is 0.0378. The summed E-state index contributed by atoms with van der Waals surface area (Å²) < 4.78 is 25.8. The summed E-state index contributed by atoms with van der Waals surface area (Å²) >= 11 is 0. The van der Waals surface area contributed by atoms with Crippen molar-refractivity contribution in [3.63, 3.8) is 0 Å². The third-order valence-corrected chi connectivity index (χ3v) is 5.54. The Labute approximate surface area is 131 Å². The second-order valence-electron chi connectivity index (χ2n) is 5.69. The second-order valence-corrected chi connectivity index (χ2v) is 7.58. The van der Waals surface area contributed by atoms with E-state index in [0.717, 1.165) is 24.8 Å². The molecule has 1 aliphatic carbocycles. The van der Waals surface area contributed by atoms with Crippen LogP contribution in [0.3, 0.4) is 0 Å². The van der Waals surface area contributed by atoms with Gasteiger partial charge in [0.25, 0.3) is 0 Å². The van der Waals surface area contributed by atoms with Gasteiger partial charge in [0.2, 0.25) is 15.9 Å². The van der Waals surface area contributed by atoms with Gasteiger partial charge in [0, 0.05) is 19.0 Å². The zero-order valence-corrected chi connectivity index (χ0v) is 13.5. The molecular formula is C15H23N3O3S. The molecule has 7 heteroatoms. The molecule has 4 N–H and O–H groups in total. The van der Waals surface area contributed by atoms with E-state index in [2.05, 4.69) is 10.0 Å². The van der Waals surface area contributed by atoms with Crippen molar-refractivity contribution in [2.24, 2.45) is 11.7 Å². The van der Waals surface area contributed by atoms with Gasteiger partial charge in [0.1, 0.15) is 0 Å². The van der Waals surface area contributed by atoms with Gasteiger partial charge in [-0.3, -0.25) is 4.79 Å². The normalized spacial score (nSPS) is 21.7. The molecule has 122 valence electrons. The minimum atomic E-state index is -3.46. The van der Waals surface area contributed by atoms with Gasteiger partial charge in [-0.25, -0.2) is 13.1 Å². The molecule has 0 bridgehead atoms. The largest absolute Gasteiger partial charge is 0.352 e. The molecule has 0 aromatic heterocycles. The van der Waals surface area contributed by atoms with Crippen LogP contribution in [0, 0.1) is 5.92 Å². The van der Waals surface area contributed by atoms with E-state index in [1.807, 2.05) is 0 Å². The first-order valence-corrected chi connectivity index (χ1v) is 8.95. The quantitative estimate of drug-likeness (QED) is 0.717. The predicted molar refractivity (Wildman–Crippen MR) is 84.5 cm³/mol. The van der Waals surface area contributed by atoms with E-state index in [1.54, 1.807) is 18.2 Å². The maximum absolute atomic E-state index is 12.0. The fraction of sp³-hybridized carbons (Fsp3) is 0.533. The Bertz CT molecular complexity index is 631. The van der Waals surface area contributed by atoms with Gasteiger partial charge in [0.15, 0.2) is 0 Å². The summed E-state index contributed by atoms with van der Waals surface area (Å²) in [7, 11) is -2.09. The second kappa shape index (κ2) is 7.21. The Morgan fingerprint density at radius 2 is 2.14 bits per heavy atom. The highest BCUT2D eigenvalue weighted by Gasteiger charge is 2.25. The molecule has 0 heterocycles. The van der Waals surface area contributed by atoms with Crippen molar-refractivity contribution in [2.45, 2.75) is 43.2 Å². The molecule has 6 nitrogen and oxygen atoms in total. The van der Waals surface area contributed by atoms with Gasteiger partial charge < -0.3 is 11.1 Å². The summed E-state index contributed by atoms with van der Waals surface area (Å²) in [6.45, 7) is 0.313. The molecule has 0 spiro atoms. The first-order valence-electron chi connectivity index (χ1n) is 7.47. The van der Waals surface area contributed by atoms with Gasteiger partial charge in [-0.15, -0.1) is 0 Å². The first kappa shape index (κ1) is 16.9. The van der Waals surface area contributed by atoms with Crippen molar-refractivity contribution in [1.29, 1.82) is 0 Å².